The highest BCUT2D eigenvalue weighted by molar-refractivity contribution is 9.10. The zero-order valence-electron chi connectivity index (χ0n) is 19.6. The Bertz CT molecular complexity index is 1540. The maximum Gasteiger partial charge on any atom is 0.282 e. The average molecular weight is 654 g/mol. The summed E-state index contributed by atoms with van der Waals surface area (Å²) >= 11 is 19.1. The summed E-state index contributed by atoms with van der Waals surface area (Å²) in [5.74, 6) is 1.58. The molecular formula is C26H21Br2Cl2N3O3. The summed E-state index contributed by atoms with van der Waals surface area (Å²) in [6.07, 6.45) is 1.59. The van der Waals surface area contributed by atoms with E-state index in [0.29, 0.717) is 48.3 Å². The maximum atomic E-state index is 13.3. The number of rotatable bonds is 7. The van der Waals surface area contributed by atoms with Crippen molar-refractivity contribution in [3.05, 3.63) is 94.8 Å². The lowest BCUT2D eigenvalue weighted by Gasteiger charge is -2.14. The van der Waals surface area contributed by atoms with Crippen LogP contribution in [-0.4, -0.2) is 23.0 Å². The van der Waals surface area contributed by atoms with Crippen LogP contribution in [0, 0.1) is 0 Å². The summed E-state index contributed by atoms with van der Waals surface area (Å²) in [5.41, 5.74) is 1.96. The van der Waals surface area contributed by atoms with Crippen molar-refractivity contribution < 1.29 is 9.47 Å². The van der Waals surface area contributed by atoms with E-state index in [1.807, 2.05) is 38.1 Å². The van der Waals surface area contributed by atoms with Gasteiger partial charge in [-0.25, -0.2) is 4.98 Å². The molecule has 36 heavy (non-hydrogen) atoms. The molecule has 0 amide bonds. The van der Waals surface area contributed by atoms with Crippen LogP contribution in [-0.2, 0) is 6.61 Å². The third kappa shape index (κ3) is 5.78. The number of fused-ring (bicyclic) bond motifs is 1. The van der Waals surface area contributed by atoms with Gasteiger partial charge in [0.2, 0.25) is 0 Å². The first-order valence-electron chi connectivity index (χ1n) is 10.9. The van der Waals surface area contributed by atoms with Gasteiger partial charge in [0, 0.05) is 10.4 Å². The number of halogens is 4. The highest BCUT2D eigenvalue weighted by atomic mass is 79.9. The van der Waals surface area contributed by atoms with E-state index in [1.165, 1.54) is 4.68 Å². The van der Waals surface area contributed by atoms with Crippen LogP contribution >= 0.6 is 55.1 Å². The van der Waals surface area contributed by atoms with Crippen molar-refractivity contribution in [3.8, 4) is 11.5 Å². The van der Waals surface area contributed by atoms with Crippen molar-refractivity contribution in [1.29, 1.82) is 0 Å². The van der Waals surface area contributed by atoms with E-state index in [1.54, 1.807) is 37.6 Å². The van der Waals surface area contributed by atoms with E-state index in [0.717, 1.165) is 10.0 Å². The van der Waals surface area contributed by atoms with Crippen LogP contribution in [0.2, 0.25) is 10.0 Å². The predicted molar refractivity (Wildman–Crippen MR) is 152 cm³/mol. The fourth-order valence-corrected chi connectivity index (χ4v) is 4.77. The number of aromatic nitrogens is 2. The Kier molecular flexibility index (Phi) is 8.40. The van der Waals surface area contributed by atoms with Crippen molar-refractivity contribution in [2.75, 3.05) is 7.11 Å². The molecule has 0 aliphatic rings. The summed E-state index contributed by atoms with van der Waals surface area (Å²) < 4.78 is 14.4. The molecule has 0 N–H and O–H groups in total. The zero-order valence-corrected chi connectivity index (χ0v) is 24.2. The van der Waals surface area contributed by atoms with Crippen molar-refractivity contribution in [1.82, 2.24) is 9.66 Å². The quantitative estimate of drug-likeness (QED) is 0.191. The second kappa shape index (κ2) is 11.3. The molecule has 1 aromatic heterocycles. The van der Waals surface area contributed by atoms with E-state index in [9.17, 15) is 4.79 Å². The number of hydrogen-bond acceptors (Lipinski definition) is 5. The molecule has 0 atom stereocenters. The van der Waals surface area contributed by atoms with Gasteiger partial charge in [-0.1, -0.05) is 59.0 Å². The second-order valence-corrected chi connectivity index (χ2v) is 10.8. The monoisotopic (exact) mass is 651 g/mol. The molecule has 4 aromatic rings. The Labute approximate surface area is 235 Å². The van der Waals surface area contributed by atoms with Gasteiger partial charge in [0.15, 0.2) is 11.5 Å². The molecule has 0 bridgehead atoms. The van der Waals surface area contributed by atoms with E-state index in [-0.39, 0.29) is 18.1 Å². The molecule has 0 saturated heterocycles. The Morgan fingerprint density at radius 3 is 2.56 bits per heavy atom. The van der Waals surface area contributed by atoms with Crippen LogP contribution in [0.5, 0.6) is 11.5 Å². The van der Waals surface area contributed by atoms with Crippen LogP contribution in [0.1, 0.15) is 36.7 Å². The first-order chi connectivity index (χ1) is 17.2. The Morgan fingerprint density at radius 1 is 1.08 bits per heavy atom. The number of methoxy groups -OCH3 is 1. The number of benzene rings is 3. The van der Waals surface area contributed by atoms with Crippen LogP contribution in [0.3, 0.4) is 0 Å². The number of ether oxygens (including phenoxy) is 2. The lowest BCUT2D eigenvalue weighted by atomic mass is 10.2. The van der Waals surface area contributed by atoms with E-state index in [2.05, 4.69) is 41.9 Å². The molecule has 0 unspecified atom stereocenters. The summed E-state index contributed by atoms with van der Waals surface area (Å²) in [7, 11) is 1.56. The molecule has 0 spiro atoms. The molecule has 1 heterocycles. The maximum absolute atomic E-state index is 13.3. The topological polar surface area (TPSA) is 65.7 Å². The van der Waals surface area contributed by atoms with Gasteiger partial charge in [-0.15, -0.1) is 0 Å². The van der Waals surface area contributed by atoms with Crippen molar-refractivity contribution in [2.24, 2.45) is 5.10 Å². The molecule has 10 heteroatoms. The number of nitrogens with zero attached hydrogens (tertiary/aromatic N) is 3. The predicted octanol–water partition coefficient (Wildman–Crippen LogP) is 7.82. The van der Waals surface area contributed by atoms with Crippen LogP contribution in [0.4, 0.5) is 0 Å². The molecule has 4 rings (SSSR count). The summed E-state index contributed by atoms with van der Waals surface area (Å²) in [6.45, 7) is 4.21. The molecule has 0 aliphatic heterocycles. The number of hydrogen-bond donors (Lipinski definition) is 0. The molecule has 0 fully saturated rings. The van der Waals surface area contributed by atoms with Crippen molar-refractivity contribution in [2.45, 2.75) is 26.4 Å². The normalized spacial score (nSPS) is 11.6. The Balaban J connectivity index is 1.67. The first-order valence-corrected chi connectivity index (χ1v) is 13.2. The van der Waals surface area contributed by atoms with Crippen LogP contribution in [0.25, 0.3) is 10.9 Å². The first kappa shape index (κ1) is 26.7. The van der Waals surface area contributed by atoms with E-state index < -0.39 is 0 Å². The molecule has 3 aromatic carbocycles. The smallest absolute Gasteiger partial charge is 0.282 e. The minimum atomic E-state index is -0.242. The van der Waals surface area contributed by atoms with Gasteiger partial charge >= 0.3 is 0 Å². The molecular weight excluding hydrogens is 633 g/mol. The van der Waals surface area contributed by atoms with Gasteiger partial charge in [0.1, 0.15) is 12.4 Å². The van der Waals surface area contributed by atoms with Gasteiger partial charge in [-0.2, -0.15) is 9.78 Å². The summed E-state index contributed by atoms with van der Waals surface area (Å²) in [6, 6.07) is 14.4. The van der Waals surface area contributed by atoms with E-state index >= 15 is 0 Å². The molecule has 186 valence electrons. The van der Waals surface area contributed by atoms with Crippen molar-refractivity contribution in [3.63, 3.8) is 0 Å². The summed E-state index contributed by atoms with van der Waals surface area (Å²) in [4.78, 5) is 17.9. The molecule has 0 saturated carbocycles. The largest absolute Gasteiger partial charge is 0.493 e. The van der Waals surface area contributed by atoms with Crippen LogP contribution in [0.15, 0.2) is 67.4 Å². The van der Waals surface area contributed by atoms with Gasteiger partial charge in [-0.3, -0.25) is 4.79 Å². The van der Waals surface area contributed by atoms with Gasteiger partial charge < -0.3 is 9.47 Å². The fourth-order valence-electron chi connectivity index (χ4n) is 3.51. The van der Waals surface area contributed by atoms with Crippen molar-refractivity contribution >= 4 is 72.2 Å². The van der Waals surface area contributed by atoms with Gasteiger partial charge in [0.25, 0.3) is 5.56 Å². The molecule has 0 radical (unpaired) electrons. The zero-order chi connectivity index (χ0) is 26.0. The summed E-state index contributed by atoms with van der Waals surface area (Å²) in [5, 5.41) is 5.92. The highest BCUT2D eigenvalue weighted by Crippen LogP contribution is 2.37. The third-order valence-corrected chi connectivity index (χ3v) is 7.11. The van der Waals surface area contributed by atoms with Gasteiger partial charge in [-0.05, 0) is 69.5 Å². The Hall–Kier alpha value is -2.39. The minimum absolute atomic E-state index is 0.0127. The lowest BCUT2D eigenvalue weighted by molar-refractivity contribution is 0.282. The Morgan fingerprint density at radius 2 is 1.86 bits per heavy atom. The minimum Gasteiger partial charge on any atom is -0.493 e. The lowest BCUT2D eigenvalue weighted by Crippen LogP contribution is -2.23. The highest BCUT2D eigenvalue weighted by Gasteiger charge is 2.15. The van der Waals surface area contributed by atoms with Crippen LogP contribution < -0.4 is 15.0 Å². The third-order valence-electron chi connectivity index (χ3n) is 5.29. The second-order valence-electron chi connectivity index (χ2n) is 8.22. The SMILES string of the molecule is COc1cc(C=Nn2c(C(C)C)nc3ccc(Br)cc3c2=O)cc(Br)c1OCc1ccc(Cl)c(Cl)c1. The average Bonchev–Trinajstić information content (AvgIpc) is 2.84. The molecule has 6 nitrogen and oxygen atoms in total. The fraction of sp³-hybridized carbons (Fsp3) is 0.192. The molecule has 0 aliphatic carbocycles. The van der Waals surface area contributed by atoms with E-state index in [4.69, 9.17) is 32.7 Å². The van der Waals surface area contributed by atoms with Gasteiger partial charge in [0.05, 0.1) is 38.7 Å². The standard InChI is InChI=1S/C26H21Br2Cl2N3O3/c1-14(2)25-32-22-7-5-17(27)11-18(22)26(34)33(25)31-12-16-8-19(28)24(23(10-16)35-3)36-13-15-4-6-20(29)21(30)9-15/h4-12,14H,13H2,1-3H3.